The van der Waals surface area contributed by atoms with Crippen molar-refractivity contribution in [1.82, 2.24) is 5.32 Å². The van der Waals surface area contributed by atoms with E-state index in [-0.39, 0.29) is 11.8 Å². The maximum Gasteiger partial charge on any atom is 0.328 e. The SMILES string of the molecule is C=C(Br)C[C@@H](NC(=O)CC(C)C)C(=O)OC. The molecular formula is C11H18BrNO3. The van der Waals surface area contributed by atoms with E-state index in [4.69, 9.17) is 0 Å². The first-order valence-electron chi connectivity index (χ1n) is 5.07. The number of halogens is 1. The second-order valence-corrected chi connectivity index (χ2v) is 5.08. The Morgan fingerprint density at radius 3 is 2.31 bits per heavy atom. The lowest BCUT2D eigenvalue weighted by molar-refractivity contribution is -0.145. The molecule has 0 aliphatic carbocycles. The van der Waals surface area contributed by atoms with Crippen LogP contribution in [0.3, 0.4) is 0 Å². The molecule has 0 spiro atoms. The topological polar surface area (TPSA) is 55.4 Å². The van der Waals surface area contributed by atoms with Crippen molar-refractivity contribution in [1.29, 1.82) is 0 Å². The minimum Gasteiger partial charge on any atom is -0.467 e. The molecule has 0 radical (unpaired) electrons. The lowest BCUT2D eigenvalue weighted by Gasteiger charge is -2.16. The van der Waals surface area contributed by atoms with E-state index in [1.165, 1.54) is 7.11 Å². The number of methoxy groups -OCH3 is 1. The van der Waals surface area contributed by atoms with Gasteiger partial charge in [0.05, 0.1) is 7.11 Å². The van der Waals surface area contributed by atoms with Gasteiger partial charge in [-0.2, -0.15) is 0 Å². The molecule has 0 bridgehead atoms. The molecule has 16 heavy (non-hydrogen) atoms. The third-order valence-corrected chi connectivity index (χ3v) is 2.16. The van der Waals surface area contributed by atoms with Gasteiger partial charge in [0.15, 0.2) is 0 Å². The molecule has 1 amide bonds. The summed E-state index contributed by atoms with van der Waals surface area (Å²) in [6.07, 6.45) is 0.721. The predicted molar refractivity (Wildman–Crippen MR) is 66.1 cm³/mol. The average molecular weight is 292 g/mol. The first-order chi connectivity index (χ1) is 7.36. The zero-order chi connectivity index (χ0) is 12.7. The van der Waals surface area contributed by atoms with Gasteiger partial charge in [-0.05, 0) is 10.4 Å². The summed E-state index contributed by atoms with van der Waals surface area (Å²) in [4.78, 5) is 22.9. The lowest BCUT2D eigenvalue weighted by Crippen LogP contribution is -2.41. The normalized spacial score (nSPS) is 12.1. The molecule has 0 aliphatic rings. The van der Waals surface area contributed by atoms with E-state index in [9.17, 15) is 9.59 Å². The van der Waals surface area contributed by atoms with E-state index in [0.29, 0.717) is 17.3 Å². The van der Waals surface area contributed by atoms with Gasteiger partial charge in [-0.1, -0.05) is 36.4 Å². The summed E-state index contributed by atoms with van der Waals surface area (Å²) in [5.74, 6) is -0.359. The van der Waals surface area contributed by atoms with Crippen molar-refractivity contribution >= 4 is 27.8 Å². The van der Waals surface area contributed by atoms with Crippen molar-refractivity contribution in [3.8, 4) is 0 Å². The molecule has 0 aromatic heterocycles. The number of carbonyl (C=O) groups is 2. The fourth-order valence-electron chi connectivity index (χ4n) is 1.18. The van der Waals surface area contributed by atoms with Crippen LogP contribution >= 0.6 is 15.9 Å². The van der Waals surface area contributed by atoms with Crippen LogP contribution < -0.4 is 5.32 Å². The lowest BCUT2D eigenvalue weighted by atomic mass is 10.1. The van der Waals surface area contributed by atoms with E-state index in [2.05, 4.69) is 32.6 Å². The number of esters is 1. The Morgan fingerprint density at radius 1 is 1.38 bits per heavy atom. The molecule has 0 saturated heterocycles. The highest BCUT2D eigenvalue weighted by atomic mass is 79.9. The molecule has 1 atom stereocenters. The molecule has 0 aliphatic heterocycles. The van der Waals surface area contributed by atoms with Gasteiger partial charge in [0.2, 0.25) is 5.91 Å². The highest BCUT2D eigenvalue weighted by Crippen LogP contribution is 2.11. The van der Waals surface area contributed by atoms with E-state index in [0.717, 1.165) is 0 Å². The minimum absolute atomic E-state index is 0.154. The first-order valence-corrected chi connectivity index (χ1v) is 5.86. The summed E-state index contributed by atoms with van der Waals surface area (Å²) in [5.41, 5.74) is 0. The van der Waals surface area contributed by atoms with Gasteiger partial charge in [-0.15, -0.1) is 0 Å². The van der Waals surface area contributed by atoms with Crippen LogP contribution in [0.2, 0.25) is 0 Å². The van der Waals surface area contributed by atoms with Crippen LogP contribution in [-0.2, 0) is 14.3 Å². The number of hydrogen-bond acceptors (Lipinski definition) is 3. The van der Waals surface area contributed by atoms with Crippen molar-refractivity contribution in [2.45, 2.75) is 32.7 Å². The van der Waals surface area contributed by atoms with Gasteiger partial charge in [0.25, 0.3) is 0 Å². The summed E-state index contributed by atoms with van der Waals surface area (Å²) in [6, 6.07) is -0.664. The third-order valence-electron chi connectivity index (χ3n) is 1.84. The van der Waals surface area contributed by atoms with Crippen molar-refractivity contribution < 1.29 is 14.3 Å². The van der Waals surface area contributed by atoms with Crippen molar-refractivity contribution in [3.63, 3.8) is 0 Å². The van der Waals surface area contributed by atoms with Crippen LogP contribution in [0, 0.1) is 5.92 Å². The standard InChI is InChI=1S/C11H18BrNO3/c1-7(2)5-10(14)13-9(6-8(3)12)11(15)16-4/h7,9H,3,5-6H2,1-2,4H3,(H,13,14)/t9-/m1/s1. The van der Waals surface area contributed by atoms with E-state index in [1.54, 1.807) is 0 Å². The van der Waals surface area contributed by atoms with Crippen LogP contribution in [0.15, 0.2) is 11.1 Å². The van der Waals surface area contributed by atoms with Gasteiger partial charge in [0, 0.05) is 12.8 Å². The molecule has 1 N–H and O–H groups in total. The van der Waals surface area contributed by atoms with Gasteiger partial charge in [-0.3, -0.25) is 4.79 Å². The summed E-state index contributed by atoms with van der Waals surface area (Å²) in [5, 5.41) is 2.63. The van der Waals surface area contributed by atoms with E-state index in [1.807, 2.05) is 13.8 Å². The highest BCUT2D eigenvalue weighted by Gasteiger charge is 2.21. The fraction of sp³-hybridized carbons (Fsp3) is 0.636. The third kappa shape index (κ3) is 6.61. The second kappa shape index (κ2) is 7.44. The Kier molecular flexibility index (Phi) is 7.05. The molecule has 5 heteroatoms. The zero-order valence-electron chi connectivity index (χ0n) is 9.88. The minimum atomic E-state index is -0.664. The number of hydrogen-bond donors (Lipinski definition) is 1. The quantitative estimate of drug-likeness (QED) is 0.762. The largest absolute Gasteiger partial charge is 0.467 e. The first kappa shape index (κ1) is 15.2. The molecule has 4 nitrogen and oxygen atoms in total. The number of nitrogens with one attached hydrogen (secondary N) is 1. The Bertz CT molecular complexity index is 276. The molecule has 0 aromatic rings. The average Bonchev–Trinajstić information content (AvgIpc) is 2.13. The molecule has 0 unspecified atom stereocenters. The van der Waals surface area contributed by atoms with Crippen LogP contribution in [0.4, 0.5) is 0 Å². The van der Waals surface area contributed by atoms with Crippen LogP contribution in [0.25, 0.3) is 0 Å². The van der Waals surface area contributed by atoms with Crippen molar-refractivity contribution in [2.24, 2.45) is 5.92 Å². The number of ether oxygens (including phenoxy) is 1. The van der Waals surface area contributed by atoms with Gasteiger partial charge >= 0.3 is 5.97 Å². The maximum atomic E-state index is 11.5. The van der Waals surface area contributed by atoms with Crippen LogP contribution in [0.5, 0.6) is 0 Å². The molecule has 0 rings (SSSR count). The van der Waals surface area contributed by atoms with Crippen molar-refractivity contribution in [2.75, 3.05) is 7.11 Å². The molecule has 92 valence electrons. The van der Waals surface area contributed by atoms with Gasteiger partial charge in [0.1, 0.15) is 6.04 Å². The predicted octanol–water partition coefficient (Wildman–Crippen LogP) is 1.99. The van der Waals surface area contributed by atoms with E-state index >= 15 is 0 Å². The second-order valence-electron chi connectivity index (χ2n) is 3.96. The number of carbonyl (C=O) groups excluding carboxylic acids is 2. The van der Waals surface area contributed by atoms with Gasteiger partial charge in [-0.25, -0.2) is 4.79 Å². The summed E-state index contributed by atoms with van der Waals surface area (Å²) in [6.45, 7) is 7.52. The van der Waals surface area contributed by atoms with Crippen LogP contribution in [-0.4, -0.2) is 25.0 Å². The summed E-state index contributed by atoms with van der Waals surface area (Å²) in [7, 11) is 1.29. The van der Waals surface area contributed by atoms with Crippen molar-refractivity contribution in [3.05, 3.63) is 11.1 Å². The smallest absolute Gasteiger partial charge is 0.328 e. The Labute approximate surface area is 105 Å². The molecular weight excluding hydrogens is 274 g/mol. The summed E-state index contributed by atoms with van der Waals surface area (Å²) < 4.78 is 5.25. The zero-order valence-corrected chi connectivity index (χ0v) is 11.5. The molecule has 0 aromatic carbocycles. The van der Waals surface area contributed by atoms with Crippen LogP contribution in [0.1, 0.15) is 26.7 Å². The monoisotopic (exact) mass is 291 g/mol. The molecule has 0 heterocycles. The Morgan fingerprint density at radius 2 is 1.94 bits per heavy atom. The fourth-order valence-corrected chi connectivity index (χ4v) is 1.50. The molecule has 0 fully saturated rings. The number of rotatable bonds is 6. The maximum absolute atomic E-state index is 11.5. The Balaban J connectivity index is 4.36. The molecule has 0 saturated carbocycles. The Hall–Kier alpha value is -0.840. The van der Waals surface area contributed by atoms with Gasteiger partial charge < -0.3 is 10.1 Å². The van der Waals surface area contributed by atoms with E-state index < -0.39 is 12.0 Å². The highest BCUT2D eigenvalue weighted by molar-refractivity contribution is 9.11. The summed E-state index contributed by atoms with van der Waals surface area (Å²) >= 11 is 3.16. The number of amides is 1.